The second-order valence-electron chi connectivity index (χ2n) is 4.19. The van der Waals surface area contributed by atoms with Crippen LogP contribution in [-0.2, 0) is 6.42 Å². The molecule has 2 aromatic rings. The minimum absolute atomic E-state index is 0.246. The third kappa shape index (κ3) is 2.94. The molecule has 2 nitrogen and oxygen atoms in total. The second-order valence-corrected chi connectivity index (χ2v) is 5.10. The van der Waals surface area contributed by atoms with E-state index in [1.165, 1.54) is 6.07 Å². The van der Waals surface area contributed by atoms with Gasteiger partial charge in [0, 0.05) is 23.3 Å². The van der Waals surface area contributed by atoms with Crippen molar-refractivity contribution in [2.45, 2.75) is 19.4 Å². The van der Waals surface area contributed by atoms with Gasteiger partial charge < -0.3 is 5.11 Å². The molecule has 0 fully saturated rings. The van der Waals surface area contributed by atoms with Gasteiger partial charge in [0.2, 0.25) is 0 Å². The normalized spacial score (nSPS) is 12.4. The van der Waals surface area contributed by atoms with Crippen LogP contribution in [0, 0.1) is 12.7 Å². The molecule has 0 saturated heterocycles. The van der Waals surface area contributed by atoms with Gasteiger partial charge in [-0.3, -0.25) is 4.98 Å². The molecule has 2 rings (SSSR count). The average molecular weight is 310 g/mol. The summed E-state index contributed by atoms with van der Waals surface area (Å²) in [5, 5.41) is 10.2. The van der Waals surface area contributed by atoms with Gasteiger partial charge in [-0.15, -0.1) is 0 Å². The molecule has 0 aliphatic carbocycles. The van der Waals surface area contributed by atoms with Crippen LogP contribution in [0.3, 0.4) is 0 Å². The molecule has 0 amide bonds. The molecule has 94 valence electrons. The maximum atomic E-state index is 13.6. The van der Waals surface area contributed by atoms with Crippen molar-refractivity contribution in [2.75, 3.05) is 0 Å². The van der Waals surface area contributed by atoms with E-state index in [1.807, 2.05) is 6.92 Å². The third-order valence-electron chi connectivity index (χ3n) is 2.84. The SMILES string of the molecule is Cc1cnccc1C(O)Cc1cc(Br)ccc1F. The van der Waals surface area contributed by atoms with Crippen molar-refractivity contribution in [3.63, 3.8) is 0 Å². The Kier molecular flexibility index (Phi) is 4.09. The highest BCUT2D eigenvalue weighted by molar-refractivity contribution is 9.10. The summed E-state index contributed by atoms with van der Waals surface area (Å²) in [5.41, 5.74) is 2.18. The predicted octanol–water partition coefficient (Wildman–Crippen LogP) is 3.57. The molecule has 0 spiro atoms. The summed E-state index contributed by atoms with van der Waals surface area (Å²) < 4.78 is 14.4. The summed E-state index contributed by atoms with van der Waals surface area (Å²) in [4.78, 5) is 3.97. The Morgan fingerprint density at radius 3 is 2.89 bits per heavy atom. The average Bonchev–Trinajstić information content (AvgIpc) is 2.34. The Balaban J connectivity index is 2.24. The zero-order chi connectivity index (χ0) is 13.1. The highest BCUT2D eigenvalue weighted by Crippen LogP contribution is 2.24. The summed E-state index contributed by atoms with van der Waals surface area (Å²) >= 11 is 3.30. The number of aromatic nitrogens is 1. The zero-order valence-electron chi connectivity index (χ0n) is 9.90. The quantitative estimate of drug-likeness (QED) is 0.940. The number of pyridine rings is 1. The third-order valence-corrected chi connectivity index (χ3v) is 3.34. The van der Waals surface area contributed by atoms with E-state index in [1.54, 1.807) is 30.6 Å². The first-order chi connectivity index (χ1) is 8.58. The van der Waals surface area contributed by atoms with Gasteiger partial charge in [-0.25, -0.2) is 4.39 Å². The largest absolute Gasteiger partial charge is 0.388 e. The Labute approximate surface area is 114 Å². The lowest BCUT2D eigenvalue weighted by atomic mass is 9.99. The Morgan fingerprint density at radius 1 is 1.39 bits per heavy atom. The van der Waals surface area contributed by atoms with Gasteiger partial charge in [0.15, 0.2) is 0 Å². The van der Waals surface area contributed by atoms with Crippen LogP contribution in [0.4, 0.5) is 4.39 Å². The fourth-order valence-electron chi connectivity index (χ4n) is 1.88. The first kappa shape index (κ1) is 13.2. The van der Waals surface area contributed by atoms with Crippen LogP contribution in [0.25, 0.3) is 0 Å². The highest BCUT2D eigenvalue weighted by atomic mass is 79.9. The molecule has 18 heavy (non-hydrogen) atoms. The minimum Gasteiger partial charge on any atom is -0.388 e. The molecule has 0 saturated carbocycles. The van der Waals surface area contributed by atoms with Crippen LogP contribution < -0.4 is 0 Å². The first-order valence-electron chi connectivity index (χ1n) is 5.60. The molecular weight excluding hydrogens is 297 g/mol. The van der Waals surface area contributed by atoms with E-state index in [9.17, 15) is 9.50 Å². The summed E-state index contributed by atoms with van der Waals surface area (Å²) in [5.74, 6) is -0.302. The fraction of sp³-hybridized carbons (Fsp3) is 0.214. The van der Waals surface area contributed by atoms with Crippen molar-refractivity contribution in [2.24, 2.45) is 0 Å². The number of aliphatic hydroxyl groups excluding tert-OH is 1. The molecule has 0 bridgehead atoms. The maximum Gasteiger partial charge on any atom is 0.126 e. The number of nitrogens with zero attached hydrogens (tertiary/aromatic N) is 1. The molecule has 1 unspecified atom stereocenters. The Bertz CT molecular complexity index is 559. The number of benzene rings is 1. The maximum absolute atomic E-state index is 13.6. The molecule has 1 aromatic carbocycles. The minimum atomic E-state index is -0.725. The van der Waals surface area contributed by atoms with Gasteiger partial charge in [-0.1, -0.05) is 15.9 Å². The lowest BCUT2D eigenvalue weighted by molar-refractivity contribution is 0.176. The molecule has 0 aliphatic rings. The van der Waals surface area contributed by atoms with Crippen LogP contribution in [0.2, 0.25) is 0 Å². The number of aryl methyl sites for hydroxylation is 1. The van der Waals surface area contributed by atoms with Crippen LogP contribution in [0.1, 0.15) is 22.8 Å². The van der Waals surface area contributed by atoms with Gasteiger partial charge in [0.1, 0.15) is 5.82 Å². The number of halogens is 2. The van der Waals surface area contributed by atoms with Crippen molar-refractivity contribution < 1.29 is 9.50 Å². The summed E-state index contributed by atoms with van der Waals surface area (Å²) in [6, 6.07) is 6.49. The predicted molar refractivity (Wildman–Crippen MR) is 71.7 cm³/mol. The standard InChI is InChI=1S/C14H13BrFNO/c1-9-8-17-5-4-12(9)14(18)7-10-6-11(15)2-3-13(10)16/h2-6,8,14,18H,7H2,1H3. The zero-order valence-corrected chi connectivity index (χ0v) is 11.5. The summed E-state index contributed by atoms with van der Waals surface area (Å²) in [6.07, 6.45) is 2.84. The number of hydrogen-bond acceptors (Lipinski definition) is 2. The summed E-state index contributed by atoms with van der Waals surface area (Å²) in [7, 11) is 0. The van der Waals surface area contributed by atoms with Crippen molar-refractivity contribution >= 4 is 15.9 Å². The van der Waals surface area contributed by atoms with Gasteiger partial charge in [0.05, 0.1) is 6.10 Å². The molecule has 1 aromatic heterocycles. The molecule has 0 aliphatic heterocycles. The van der Waals surface area contributed by atoms with Crippen molar-refractivity contribution in [1.29, 1.82) is 0 Å². The topological polar surface area (TPSA) is 33.1 Å². The van der Waals surface area contributed by atoms with Crippen LogP contribution in [0.15, 0.2) is 41.1 Å². The van der Waals surface area contributed by atoms with Crippen LogP contribution >= 0.6 is 15.9 Å². The van der Waals surface area contributed by atoms with E-state index in [2.05, 4.69) is 20.9 Å². The van der Waals surface area contributed by atoms with Gasteiger partial charge >= 0.3 is 0 Å². The van der Waals surface area contributed by atoms with E-state index in [4.69, 9.17) is 0 Å². The lowest BCUT2D eigenvalue weighted by Gasteiger charge is -2.14. The van der Waals surface area contributed by atoms with E-state index in [0.29, 0.717) is 5.56 Å². The van der Waals surface area contributed by atoms with E-state index in [-0.39, 0.29) is 12.2 Å². The fourth-order valence-corrected chi connectivity index (χ4v) is 2.28. The van der Waals surface area contributed by atoms with Gasteiger partial charge in [0.25, 0.3) is 0 Å². The molecule has 4 heteroatoms. The van der Waals surface area contributed by atoms with Gasteiger partial charge in [-0.2, -0.15) is 0 Å². The van der Waals surface area contributed by atoms with Gasteiger partial charge in [-0.05, 0) is 47.9 Å². The Hall–Kier alpha value is -1.26. The summed E-state index contributed by atoms with van der Waals surface area (Å²) in [6.45, 7) is 1.88. The second kappa shape index (κ2) is 5.59. The van der Waals surface area contributed by atoms with Crippen molar-refractivity contribution in [3.05, 3.63) is 63.6 Å². The van der Waals surface area contributed by atoms with Crippen molar-refractivity contribution in [3.8, 4) is 0 Å². The number of aliphatic hydroxyl groups is 1. The molecule has 1 N–H and O–H groups in total. The lowest BCUT2D eigenvalue weighted by Crippen LogP contribution is -2.05. The van der Waals surface area contributed by atoms with Crippen LogP contribution in [0.5, 0.6) is 0 Å². The van der Waals surface area contributed by atoms with E-state index >= 15 is 0 Å². The first-order valence-corrected chi connectivity index (χ1v) is 6.39. The van der Waals surface area contributed by atoms with E-state index in [0.717, 1.165) is 15.6 Å². The molecule has 1 atom stereocenters. The van der Waals surface area contributed by atoms with Crippen molar-refractivity contribution in [1.82, 2.24) is 4.98 Å². The smallest absolute Gasteiger partial charge is 0.126 e. The monoisotopic (exact) mass is 309 g/mol. The molecule has 1 heterocycles. The molecule has 0 radical (unpaired) electrons. The Morgan fingerprint density at radius 2 is 2.17 bits per heavy atom. The van der Waals surface area contributed by atoms with E-state index < -0.39 is 6.10 Å². The number of hydrogen-bond donors (Lipinski definition) is 1. The molecular formula is C14H13BrFNO. The van der Waals surface area contributed by atoms with Crippen LogP contribution in [-0.4, -0.2) is 10.1 Å². The highest BCUT2D eigenvalue weighted by Gasteiger charge is 2.13. The number of rotatable bonds is 3.